The third-order valence-electron chi connectivity index (χ3n) is 4.85. The van der Waals surface area contributed by atoms with Crippen LogP contribution in [0.25, 0.3) is 0 Å². The van der Waals surface area contributed by atoms with Crippen molar-refractivity contribution in [2.75, 3.05) is 13.1 Å². The van der Waals surface area contributed by atoms with Gasteiger partial charge in [0.15, 0.2) is 0 Å². The number of likely N-dealkylation sites (tertiary alicyclic amines) is 1. The molecule has 2 aromatic rings. The number of rotatable bonds is 6. The Morgan fingerprint density at radius 1 is 0.880 bits per heavy atom. The number of hydrogen-bond donors (Lipinski definition) is 2. The quantitative estimate of drug-likeness (QED) is 0.846. The predicted molar refractivity (Wildman–Crippen MR) is 101 cm³/mol. The highest BCUT2D eigenvalue weighted by molar-refractivity contribution is 5.73. The largest absolute Gasteiger partial charge is 0.334 e. The molecule has 4 nitrogen and oxygen atoms in total. The monoisotopic (exact) mass is 337 g/mol. The zero-order valence-corrected chi connectivity index (χ0v) is 14.9. The van der Waals surface area contributed by atoms with Crippen LogP contribution >= 0.6 is 0 Å². The molecule has 4 heteroatoms. The summed E-state index contributed by atoms with van der Waals surface area (Å²) in [4.78, 5) is 14.6. The first-order valence-electron chi connectivity index (χ1n) is 9.08. The Morgan fingerprint density at radius 2 is 1.44 bits per heavy atom. The zero-order chi connectivity index (χ0) is 17.5. The highest BCUT2D eigenvalue weighted by atomic mass is 16.2. The molecule has 2 amide bonds. The fraction of sp³-hybridized carbons (Fsp3) is 0.381. The Balaban J connectivity index is 1.51. The van der Waals surface area contributed by atoms with Gasteiger partial charge in [0.2, 0.25) is 0 Å². The maximum absolute atomic E-state index is 12.1. The zero-order valence-electron chi connectivity index (χ0n) is 14.9. The molecule has 2 aromatic carbocycles. The average Bonchev–Trinajstić information content (AvgIpc) is 3.13. The van der Waals surface area contributed by atoms with Crippen molar-refractivity contribution in [3.63, 3.8) is 0 Å². The molecule has 0 atom stereocenters. The van der Waals surface area contributed by atoms with Gasteiger partial charge in [0.05, 0.1) is 0 Å². The van der Waals surface area contributed by atoms with E-state index < -0.39 is 0 Å². The van der Waals surface area contributed by atoms with Crippen LogP contribution in [0.15, 0.2) is 48.5 Å². The van der Waals surface area contributed by atoms with Gasteiger partial charge in [0.1, 0.15) is 0 Å². The van der Waals surface area contributed by atoms with Gasteiger partial charge in [-0.15, -0.1) is 0 Å². The van der Waals surface area contributed by atoms with Crippen LogP contribution in [0.2, 0.25) is 0 Å². The summed E-state index contributed by atoms with van der Waals surface area (Å²) in [5, 5.41) is 5.93. The molecule has 1 fully saturated rings. The van der Waals surface area contributed by atoms with Crippen molar-refractivity contribution in [1.82, 2.24) is 15.5 Å². The average molecular weight is 337 g/mol. The minimum atomic E-state index is -0.126. The van der Waals surface area contributed by atoms with E-state index in [9.17, 15) is 4.79 Å². The topological polar surface area (TPSA) is 44.4 Å². The third kappa shape index (κ3) is 5.07. The van der Waals surface area contributed by atoms with Gasteiger partial charge in [0, 0.05) is 19.6 Å². The Hall–Kier alpha value is -2.33. The smallest absolute Gasteiger partial charge is 0.315 e. The first-order chi connectivity index (χ1) is 12.2. The van der Waals surface area contributed by atoms with Crippen molar-refractivity contribution >= 4 is 6.03 Å². The molecule has 1 aliphatic heterocycles. The van der Waals surface area contributed by atoms with Gasteiger partial charge < -0.3 is 10.6 Å². The molecule has 0 saturated carbocycles. The lowest BCUT2D eigenvalue weighted by Gasteiger charge is -2.18. The molecule has 0 radical (unpaired) electrons. The maximum Gasteiger partial charge on any atom is 0.315 e. The summed E-state index contributed by atoms with van der Waals surface area (Å²) in [7, 11) is 0. The van der Waals surface area contributed by atoms with Crippen LogP contribution in [0, 0.1) is 6.92 Å². The molecule has 1 heterocycles. The van der Waals surface area contributed by atoms with Crippen LogP contribution in [0.4, 0.5) is 4.79 Å². The van der Waals surface area contributed by atoms with E-state index >= 15 is 0 Å². The Bertz CT molecular complexity index is 708. The van der Waals surface area contributed by atoms with Crippen LogP contribution in [0.5, 0.6) is 0 Å². The molecule has 1 saturated heterocycles. The third-order valence-corrected chi connectivity index (χ3v) is 4.85. The van der Waals surface area contributed by atoms with E-state index in [4.69, 9.17) is 0 Å². The van der Waals surface area contributed by atoms with Crippen molar-refractivity contribution < 1.29 is 4.79 Å². The molecule has 0 unspecified atom stereocenters. The van der Waals surface area contributed by atoms with Crippen LogP contribution in [-0.2, 0) is 19.6 Å². The van der Waals surface area contributed by atoms with Crippen molar-refractivity contribution in [2.24, 2.45) is 0 Å². The Morgan fingerprint density at radius 3 is 2.12 bits per heavy atom. The van der Waals surface area contributed by atoms with Gasteiger partial charge in [-0.25, -0.2) is 4.79 Å². The summed E-state index contributed by atoms with van der Waals surface area (Å²) >= 11 is 0. The van der Waals surface area contributed by atoms with Crippen LogP contribution < -0.4 is 10.6 Å². The SMILES string of the molecule is Cc1ccccc1CNC(=O)NCc1ccccc1CN1CCCC1. The van der Waals surface area contributed by atoms with Gasteiger partial charge in [-0.1, -0.05) is 48.5 Å². The number of nitrogens with zero attached hydrogens (tertiary/aromatic N) is 1. The molecule has 1 aliphatic rings. The predicted octanol–water partition coefficient (Wildman–Crippen LogP) is 3.59. The maximum atomic E-state index is 12.1. The number of amides is 2. The molecular weight excluding hydrogens is 310 g/mol. The minimum Gasteiger partial charge on any atom is -0.334 e. The fourth-order valence-corrected chi connectivity index (χ4v) is 3.29. The normalized spacial score (nSPS) is 14.4. The van der Waals surface area contributed by atoms with Crippen molar-refractivity contribution in [2.45, 2.75) is 39.4 Å². The molecule has 3 rings (SSSR count). The van der Waals surface area contributed by atoms with Crippen molar-refractivity contribution in [3.05, 3.63) is 70.8 Å². The first kappa shape index (κ1) is 17.5. The number of carbonyl (C=O) groups excluding carboxylic acids is 1. The second-order valence-electron chi connectivity index (χ2n) is 6.71. The number of aryl methyl sites for hydroxylation is 1. The van der Waals surface area contributed by atoms with Crippen molar-refractivity contribution in [3.8, 4) is 0 Å². The van der Waals surface area contributed by atoms with E-state index in [0.29, 0.717) is 13.1 Å². The van der Waals surface area contributed by atoms with Crippen LogP contribution in [0.1, 0.15) is 35.1 Å². The number of benzene rings is 2. The molecular formula is C21H27N3O. The standard InChI is InChI=1S/C21H27N3O/c1-17-8-2-3-9-18(17)14-22-21(25)23-15-19-10-4-5-11-20(19)16-24-12-6-7-13-24/h2-5,8-11H,6-7,12-16H2,1H3,(H2,22,23,25). The lowest BCUT2D eigenvalue weighted by Crippen LogP contribution is -2.35. The fourth-order valence-electron chi connectivity index (χ4n) is 3.29. The summed E-state index contributed by atoms with van der Waals surface area (Å²) in [5.74, 6) is 0. The van der Waals surface area contributed by atoms with E-state index in [1.54, 1.807) is 0 Å². The highest BCUT2D eigenvalue weighted by Crippen LogP contribution is 2.16. The first-order valence-corrected chi connectivity index (χ1v) is 9.08. The van der Waals surface area contributed by atoms with E-state index in [1.807, 2.05) is 24.3 Å². The van der Waals surface area contributed by atoms with Gasteiger partial charge in [-0.3, -0.25) is 4.90 Å². The highest BCUT2D eigenvalue weighted by Gasteiger charge is 2.13. The van der Waals surface area contributed by atoms with Crippen molar-refractivity contribution in [1.29, 1.82) is 0 Å². The Labute approximate surface area is 150 Å². The minimum absolute atomic E-state index is 0.126. The van der Waals surface area contributed by atoms with E-state index in [2.05, 4.69) is 46.7 Å². The van der Waals surface area contributed by atoms with Crippen LogP contribution in [0.3, 0.4) is 0 Å². The molecule has 132 valence electrons. The van der Waals surface area contributed by atoms with Gasteiger partial charge >= 0.3 is 6.03 Å². The number of nitrogens with one attached hydrogen (secondary N) is 2. The number of hydrogen-bond acceptors (Lipinski definition) is 2. The lowest BCUT2D eigenvalue weighted by molar-refractivity contribution is 0.240. The second-order valence-corrected chi connectivity index (χ2v) is 6.71. The summed E-state index contributed by atoms with van der Waals surface area (Å²) in [6.07, 6.45) is 2.59. The van der Waals surface area contributed by atoms with E-state index in [1.165, 1.54) is 42.6 Å². The number of carbonyl (C=O) groups is 1. The number of urea groups is 1. The van der Waals surface area contributed by atoms with Crippen LogP contribution in [-0.4, -0.2) is 24.0 Å². The van der Waals surface area contributed by atoms with Gasteiger partial charge in [0.25, 0.3) is 0 Å². The lowest BCUT2D eigenvalue weighted by atomic mass is 10.1. The molecule has 0 aromatic heterocycles. The molecule has 0 aliphatic carbocycles. The molecule has 25 heavy (non-hydrogen) atoms. The molecule has 0 spiro atoms. The molecule has 2 N–H and O–H groups in total. The van der Waals surface area contributed by atoms with E-state index in [-0.39, 0.29) is 6.03 Å². The van der Waals surface area contributed by atoms with Gasteiger partial charge in [-0.2, -0.15) is 0 Å². The summed E-state index contributed by atoms with van der Waals surface area (Å²) < 4.78 is 0. The summed E-state index contributed by atoms with van der Waals surface area (Å²) in [5.41, 5.74) is 4.84. The summed E-state index contributed by atoms with van der Waals surface area (Å²) in [6.45, 7) is 6.50. The molecule has 0 bridgehead atoms. The Kier molecular flexibility index (Phi) is 6.07. The summed E-state index contributed by atoms with van der Waals surface area (Å²) in [6, 6.07) is 16.4. The van der Waals surface area contributed by atoms with Gasteiger partial charge in [-0.05, 0) is 55.1 Å². The second kappa shape index (κ2) is 8.67. The van der Waals surface area contributed by atoms with E-state index in [0.717, 1.165) is 12.1 Å².